The first-order valence-electron chi connectivity index (χ1n) is 3.71. The summed E-state index contributed by atoms with van der Waals surface area (Å²) >= 11 is 0. The summed E-state index contributed by atoms with van der Waals surface area (Å²) in [6, 6.07) is 0. The largest absolute Gasteiger partial charge is 0.402 e. The van der Waals surface area contributed by atoms with Crippen molar-refractivity contribution in [2.24, 2.45) is 16.6 Å². The molecular weight excluding hydrogens is 124 g/mol. The van der Waals surface area contributed by atoms with E-state index in [9.17, 15) is 0 Å². The van der Waals surface area contributed by atoms with Gasteiger partial charge in [0.25, 0.3) is 0 Å². The van der Waals surface area contributed by atoms with Gasteiger partial charge in [-0.05, 0) is 31.8 Å². The zero-order chi connectivity index (χ0) is 7.40. The van der Waals surface area contributed by atoms with Gasteiger partial charge in [0.05, 0.1) is 0 Å². The van der Waals surface area contributed by atoms with Gasteiger partial charge in [-0.2, -0.15) is 0 Å². The highest BCUT2D eigenvalue weighted by Gasteiger charge is 2.19. The van der Waals surface area contributed by atoms with Crippen LogP contribution < -0.4 is 5.73 Å². The molecule has 0 radical (unpaired) electrons. The van der Waals surface area contributed by atoms with E-state index in [2.05, 4.69) is 4.99 Å². The van der Waals surface area contributed by atoms with E-state index >= 15 is 0 Å². The van der Waals surface area contributed by atoms with E-state index in [1.807, 2.05) is 13.0 Å². The van der Waals surface area contributed by atoms with Crippen molar-refractivity contribution < 1.29 is 0 Å². The molecule has 0 unspecified atom stereocenters. The Labute approximate surface area is 61.8 Å². The van der Waals surface area contributed by atoms with E-state index in [1.54, 1.807) is 6.21 Å². The molecule has 10 heavy (non-hydrogen) atoms. The first-order valence-corrected chi connectivity index (χ1v) is 3.71. The van der Waals surface area contributed by atoms with Gasteiger partial charge in [-0.25, -0.2) is 0 Å². The van der Waals surface area contributed by atoms with Gasteiger partial charge < -0.3 is 5.73 Å². The molecule has 1 aliphatic carbocycles. The van der Waals surface area contributed by atoms with Crippen LogP contribution in [0.1, 0.15) is 19.8 Å². The molecular formula is C8H14N2. The highest BCUT2D eigenvalue weighted by Crippen LogP contribution is 2.28. The van der Waals surface area contributed by atoms with Crippen molar-refractivity contribution in [3.8, 4) is 0 Å². The molecule has 0 aromatic carbocycles. The highest BCUT2D eigenvalue weighted by atomic mass is 14.7. The van der Waals surface area contributed by atoms with Crippen LogP contribution in [0.25, 0.3) is 0 Å². The van der Waals surface area contributed by atoms with Gasteiger partial charge in [0.15, 0.2) is 0 Å². The zero-order valence-electron chi connectivity index (χ0n) is 6.38. The van der Waals surface area contributed by atoms with Gasteiger partial charge in [-0.3, -0.25) is 4.99 Å². The maximum absolute atomic E-state index is 5.39. The van der Waals surface area contributed by atoms with Crippen molar-refractivity contribution in [3.05, 3.63) is 11.8 Å². The summed E-state index contributed by atoms with van der Waals surface area (Å²) in [4.78, 5) is 4.19. The second kappa shape index (κ2) is 3.40. The number of rotatable bonds is 3. The second-order valence-corrected chi connectivity index (χ2v) is 2.87. The first-order chi connectivity index (χ1) is 4.79. The molecule has 0 bridgehead atoms. The summed E-state index contributed by atoms with van der Waals surface area (Å²) in [6.07, 6.45) is 6.36. The van der Waals surface area contributed by atoms with Crippen LogP contribution in [0.4, 0.5) is 0 Å². The molecule has 0 saturated heterocycles. The van der Waals surface area contributed by atoms with Crippen molar-refractivity contribution in [3.63, 3.8) is 0 Å². The Kier molecular flexibility index (Phi) is 2.49. The number of nitrogens with two attached hydrogens (primary N) is 1. The van der Waals surface area contributed by atoms with Crippen LogP contribution in [0.5, 0.6) is 0 Å². The smallest absolute Gasteiger partial charge is 0.0417 e. The van der Waals surface area contributed by atoms with E-state index < -0.39 is 0 Å². The third kappa shape index (κ3) is 3.28. The first kappa shape index (κ1) is 7.32. The number of nitrogens with zero attached hydrogens (tertiary/aromatic N) is 1. The van der Waals surface area contributed by atoms with E-state index in [0.29, 0.717) is 0 Å². The quantitative estimate of drug-likeness (QED) is 0.587. The van der Waals surface area contributed by atoms with Gasteiger partial charge in [-0.1, -0.05) is 0 Å². The third-order valence-electron chi connectivity index (χ3n) is 1.50. The average molecular weight is 138 g/mol. The lowest BCUT2D eigenvalue weighted by molar-refractivity contribution is 0.852. The Balaban J connectivity index is 2.09. The van der Waals surface area contributed by atoms with Gasteiger partial charge in [0.1, 0.15) is 0 Å². The maximum atomic E-state index is 5.39. The zero-order valence-corrected chi connectivity index (χ0v) is 6.38. The minimum Gasteiger partial charge on any atom is -0.402 e. The van der Waals surface area contributed by atoms with Gasteiger partial charge >= 0.3 is 0 Å². The fourth-order valence-electron chi connectivity index (χ4n) is 0.681. The van der Waals surface area contributed by atoms with Crippen molar-refractivity contribution in [2.45, 2.75) is 19.8 Å². The van der Waals surface area contributed by atoms with Gasteiger partial charge in [-0.15, -0.1) is 0 Å². The van der Waals surface area contributed by atoms with Crippen molar-refractivity contribution in [1.29, 1.82) is 0 Å². The normalized spacial score (nSPS) is 20.3. The lowest BCUT2D eigenvalue weighted by Crippen LogP contribution is -1.90. The number of hydrogen-bond donors (Lipinski definition) is 1. The van der Waals surface area contributed by atoms with Crippen molar-refractivity contribution in [2.75, 3.05) is 6.54 Å². The molecule has 0 aliphatic heterocycles. The predicted molar refractivity (Wildman–Crippen MR) is 44.0 cm³/mol. The molecule has 1 saturated carbocycles. The Bertz CT molecular complexity index is 151. The van der Waals surface area contributed by atoms with Crippen LogP contribution in [0, 0.1) is 5.92 Å². The fraction of sp³-hybridized carbons (Fsp3) is 0.625. The molecule has 0 spiro atoms. The lowest BCUT2D eigenvalue weighted by Gasteiger charge is -1.85. The van der Waals surface area contributed by atoms with Crippen LogP contribution in [0.2, 0.25) is 0 Å². The SMILES string of the molecule is CC(N)=CC=NCC1CC1. The Morgan fingerprint density at radius 1 is 1.70 bits per heavy atom. The highest BCUT2D eigenvalue weighted by molar-refractivity contribution is 5.71. The van der Waals surface area contributed by atoms with Crippen LogP contribution in [-0.4, -0.2) is 12.8 Å². The minimum absolute atomic E-state index is 0.819. The fourth-order valence-corrected chi connectivity index (χ4v) is 0.681. The average Bonchev–Trinajstić information content (AvgIpc) is 2.62. The van der Waals surface area contributed by atoms with Gasteiger partial charge in [0, 0.05) is 18.5 Å². The van der Waals surface area contributed by atoms with Crippen LogP contribution in [0.3, 0.4) is 0 Å². The van der Waals surface area contributed by atoms with Crippen molar-refractivity contribution in [1.82, 2.24) is 0 Å². The monoisotopic (exact) mass is 138 g/mol. The molecule has 0 atom stereocenters. The standard InChI is InChI=1S/C8H14N2/c1-7(9)4-5-10-6-8-2-3-8/h4-5,8H,2-3,6,9H2,1H3. The summed E-state index contributed by atoms with van der Waals surface area (Å²) in [7, 11) is 0. The Morgan fingerprint density at radius 3 is 2.90 bits per heavy atom. The maximum Gasteiger partial charge on any atom is 0.0417 e. The van der Waals surface area contributed by atoms with E-state index in [4.69, 9.17) is 5.73 Å². The van der Waals surface area contributed by atoms with E-state index in [1.165, 1.54) is 12.8 Å². The Hall–Kier alpha value is -0.790. The molecule has 1 fully saturated rings. The molecule has 1 rings (SSSR count). The molecule has 2 heteroatoms. The summed E-state index contributed by atoms with van der Waals surface area (Å²) in [5.41, 5.74) is 6.21. The summed E-state index contributed by atoms with van der Waals surface area (Å²) in [6.45, 7) is 2.85. The number of allylic oxidation sites excluding steroid dienone is 2. The number of aliphatic imine (C=N–C) groups is 1. The number of hydrogen-bond acceptors (Lipinski definition) is 2. The molecule has 2 nitrogen and oxygen atoms in total. The van der Waals surface area contributed by atoms with Crippen LogP contribution in [0.15, 0.2) is 16.8 Å². The summed E-state index contributed by atoms with van der Waals surface area (Å²) in [5, 5.41) is 0. The molecule has 56 valence electrons. The molecule has 0 aromatic heterocycles. The third-order valence-corrected chi connectivity index (χ3v) is 1.50. The van der Waals surface area contributed by atoms with Crippen molar-refractivity contribution >= 4 is 6.21 Å². The molecule has 0 aromatic rings. The lowest BCUT2D eigenvalue weighted by atomic mass is 10.4. The summed E-state index contributed by atoms with van der Waals surface area (Å²) < 4.78 is 0. The molecule has 0 heterocycles. The second-order valence-electron chi connectivity index (χ2n) is 2.87. The van der Waals surface area contributed by atoms with E-state index in [0.717, 1.165) is 18.2 Å². The predicted octanol–water partition coefficient (Wildman–Crippen LogP) is 1.33. The van der Waals surface area contributed by atoms with Crippen LogP contribution >= 0.6 is 0 Å². The topological polar surface area (TPSA) is 38.4 Å². The molecule has 2 N–H and O–H groups in total. The van der Waals surface area contributed by atoms with Gasteiger partial charge in [0.2, 0.25) is 0 Å². The Morgan fingerprint density at radius 2 is 2.40 bits per heavy atom. The summed E-state index contributed by atoms with van der Waals surface area (Å²) in [5.74, 6) is 0.878. The molecule has 1 aliphatic rings. The van der Waals surface area contributed by atoms with E-state index in [-0.39, 0.29) is 0 Å². The minimum atomic E-state index is 0.819. The molecule has 0 amide bonds. The van der Waals surface area contributed by atoms with Crippen LogP contribution in [-0.2, 0) is 0 Å².